The SMILES string of the molecule is CCC.NCC(=O)OCC1CCC(n2cc(CO)c(=O)[nH]c2=S)O1. The highest BCUT2D eigenvalue weighted by Gasteiger charge is 2.28. The van der Waals surface area contributed by atoms with E-state index in [1.165, 1.54) is 12.6 Å². The number of H-pyrrole nitrogens is 1. The predicted octanol–water partition coefficient (Wildman–Crippen LogP) is 0.994. The van der Waals surface area contributed by atoms with Gasteiger partial charge >= 0.3 is 5.97 Å². The third kappa shape index (κ3) is 5.82. The molecule has 1 aromatic rings. The number of aliphatic hydroxyl groups is 1. The summed E-state index contributed by atoms with van der Waals surface area (Å²) in [5.74, 6) is -0.481. The van der Waals surface area contributed by atoms with Gasteiger partial charge < -0.3 is 20.3 Å². The fourth-order valence-electron chi connectivity index (χ4n) is 2.11. The normalized spacial score (nSPS) is 19.5. The Morgan fingerprint density at radius 1 is 1.54 bits per heavy atom. The molecule has 4 N–H and O–H groups in total. The Bertz CT molecular complexity index is 643. The molecule has 0 aromatic carbocycles. The van der Waals surface area contributed by atoms with Crippen molar-refractivity contribution in [1.29, 1.82) is 0 Å². The Morgan fingerprint density at radius 2 is 2.21 bits per heavy atom. The summed E-state index contributed by atoms with van der Waals surface area (Å²) in [7, 11) is 0. The van der Waals surface area contributed by atoms with Gasteiger partial charge in [0.1, 0.15) is 12.8 Å². The molecule has 136 valence electrons. The van der Waals surface area contributed by atoms with Crippen LogP contribution in [-0.2, 0) is 20.9 Å². The van der Waals surface area contributed by atoms with E-state index in [0.717, 1.165) is 0 Å². The molecule has 24 heavy (non-hydrogen) atoms. The molecule has 1 aromatic heterocycles. The summed E-state index contributed by atoms with van der Waals surface area (Å²) in [5, 5.41) is 9.12. The van der Waals surface area contributed by atoms with Crippen molar-refractivity contribution < 1.29 is 19.4 Å². The van der Waals surface area contributed by atoms with Crippen LogP contribution in [-0.4, -0.2) is 39.9 Å². The standard InChI is InChI=1S/C12H17N3O5S.C3H8/c13-3-10(17)19-6-8-1-2-9(20-8)15-4-7(5-16)11(18)14-12(15)21;1-3-2/h4,8-9,16H,1-3,5-6,13H2,(H,14,18,21);3H2,1-2H3. The van der Waals surface area contributed by atoms with Gasteiger partial charge in [0.25, 0.3) is 5.56 Å². The van der Waals surface area contributed by atoms with Crippen LogP contribution in [0.4, 0.5) is 0 Å². The molecule has 2 unspecified atom stereocenters. The zero-order valence-electron chi connectivity index (χ0n) is 14.0. The number of nitrogens with two attached hydrogens (primary N) is 1. The van der Waals surface area contributed by atoms with Crippen LogP contribution in [0.3, 0.4) is 0 Å². The number of hydrogen-bond donors (Lipinski definition) is 3. The van der Waals surface area contributed by atoms with Crippen molar-refractivity contribution in [3.05, 3.63) is 26.9 Å². The van der Waals surface area contributed by atoms with E-state index in [9.17, 15) is 9.59 Å². The number of aliphatic hydroxyl groups excluding tert-OH is 1. The van der Waals surface area contributed by atoms with Crippen molar-refractivity contribution in [2.75, 3.05) is 13.2 Å². The van der Waals surface area contributed by atoms with Crippen LogP contribution in [0, 0.1) is 4.77 Å². The zero-order chi connectivity index (χ0) is 18.1. The number of rotatable bonds is 5. The van der Waals surface area contributed by atoms with Crippen molar-refractivity contribution in [3.63, 3.8) is 0 Å². The average Bonchev–Trinajstić information content (AvgIpc) is 3.02. The molecule has 1 saturated heterocycles. The number of ether oxygens (including phenoxy) is 2. The number of nitrogens with one attached hydrogen (secondary N) is 1. The summed E-state index contributed by atoms with van der Waals surface area (Å²) in [4.78, 5) is 25.0. The molecule has 8 nitrogen and oxygen atoms in total. The van der Waals surface area contributed by atoms with Gasteiger partial charge in [-0.3, -0.25) is 19.1 Å². The first-order chi connectivity index (χ1) is 11.5. The topological polar surface area (TPSA) is 120 Å². The minimum absolute atomic E-state index is 0.135. The van der Waals surface area contributed by atoms with E-state index in [2.05, 4.69) is 18.8 Å². The predicted molar refractivity (Wildman–Crippen MR) is 90.9 cm³/mol. The fraction of sp³-hybridized carbons (Fsp3) is 0.667. The highest BCUT2D eigenvalue weighted by Crippen LogP contribution is 2.28. The van der Waals surface area contributed by atoms with E-state index in [0.29, 0.717) is 12.8 Å². The van der Waals surface area contributed by atoms with Crippen molar-refractivity contribution in [2.45, 2.75) is 52.0 Å². The fourth-order valence-corrected chi connectivity index (χ4v) is 2.38. The number of carbonyl (C=O) groups excluding carboxylic acids is 1. The van der Waals surface area contributed by atoms with Gasteiger partial charge in [0.15, 0.2) is 4.77 Å². The van der Waals surface area contributed by atoms with Gasteiger partial charge in [-0.2, -0.15) is 0 Å². The third-order valence-corrected chi connectivity index (χ3v) is 3.52. The van der Waals surface area contributed by atoms with Crippen LogP contribution in [0.15, 0.2) is 11.0 Å². The maximum absolute atomic E-state index is 11.5. The van der Waals surface area contributed by atoms with Crippen molar-refractivity contribution in [1.82, 2.24) is 9.55 Å². The number of nitrogens with zero attached hydrogens (tertiary/aromatic N) is 1. The van der Waals surface area contributed by atoms with Crippen LogP contribution in [0.25, 0.3) is 0 Å². The lowest BCUT2D eigenvalue weighted by atomic mass is 10.2. The maximum atomic E-state index is 11.5. The summed E-state index contributed by atoms with van der Waals surface area (Å²) in [5.41, 5.74) is 4.95. The monoisotopic (exact) mass is 359 g/mol. The molecule has 0 radical (unpaired) electrons. The highest BCUT2D eigenvalue weighted by molar-refractivity contribution is 7.71. The molecule has 0 bridgehead atoms. The van der Waals surface area contributed by atoms with E-state index in [1.54, 1.807) is 4.57 Å². The molecular weight excluding hydrogens is 334 g/mol. The molecular formula is C15H25N3O5S. The summed E-state index contributed by atoms with van der Waals surface area (Å²) in [6.45, 7) is 3.84. The average molecular weight is 359 g/mol. The van der Waals surface area contributed by atoms with E-state index in [4.69, 9.17) is 32.5 Å². The Balaban J connectivity index is 0.000000891. The Kier molecular flexibility index (Phi) is 8.83. The Hall–Kier alpha value is -1.55. The zero-order valence-corrected chi connectivity index (χ0v) is 14.8. The lowest BCUT2D eigenvalue weighted by Crippen LogP contribution is -2.24. The molecule has 1 fully saturated rings. The number of esters is 1. The van der Waals surface area contributed by atoms with Crippen LogP contribution in [0.2, 0.25) is 0 Å². The molecule has 0 aliphatic carbocycles. The van der Waals surface area contributed by atoms with Crippen LogP contribution in [0.1, 0.15) is 44.9 Å². The molecule has 1 aliphatic rings. The van der Waals surface area contributed by atoms with Gasteiger partial charge in [0, 0.05) is 6.20 Å². The van der Waals surface area contributed by atoms with Gasteiger partial charge in [-0.1, -0.05) is 20.3 Å². The molecule has 1 aliphatic heterocycles. The van der Waals surface area contributed by atoms with Crippen molar-refractivity contribution in [3.8, 4) is 0 Å². The van der Waals surface area contributed by atoms with Crippen molar-refractivity contribution >= 4 is 18.2 Å². The molecule has 2 atom stereocenters. The molecule has 0 saturated carbocycles. The van der Waals surface area contributed by atoms with Crippen LogP contribution >= 0.6 is 12.2 Å². The number of carbonyl (C=O) groups is 1. The molecule has 9 heteroatoms. The second-order valence-corrected chi connectivity index (χ2v) is 5.75. The molecule has 2 heterocycles. The second kappa shape index (κ2) is 10.3. The first-order valence-electron chi connectivity index (χ1n) is 7.93. The quantitative estimate of drug-likeness (QED) is 0.530. The second-order valence-electron chi connectivity index (χ2n) is 5.36. The Labute approximate surface area is 145 Å². The van der Waals surface area contributed by atoms with Crippen LogP contribution in [0.5, 0.6) is 0 Å². The van der Waals surface area contributed by atoms with Gasteiger partial charge in [0.05, 0.1) is 24.8 Å². The van der Waals surface area contributed by atoms with Gasteiger partial charge in [-0.15, -0.1) is 0 Å². The largest absolute Gasteiger partial charge is 0.462 e. The number of aromatic nitrogens is 2. The third-order valence-electron chi connectivity index (χ3n) is 3.20. The summed E-state index contributed by atoms with van der Waals surface area (Å²) >= 11 is 5.09. The van der Waals surface area contributed by atoms with Crippen LogP contribution < -0.4 is 11.3 Å². The molecule has 0 amide bonds. The number of aromatic amines is 1. The van der Waals surface area contributed by atoms with Gasteiger partial charge in [0.2, 0.25) is 0 Å². The van der Waals surface area contributed by atoms with E-state index < -0.39 is 11.5 Å². The summed E-state index contributed by atoms with van der Waals surface area (Å²) < 4.78 is 12.5. The minimum atomic E-state index is -0.481. The van der Waals surface area contributed by atoms with E-state index in [1.807, 2.05) is 0 Å². The molecule has 0 spiro atoms. The van der Waals surface area contributed by atoms with E-state index >= 15 is 0 Å². The summed E-state index contributed by atoms with van der Waals surface area (Å²) in [6.07, 6.45) is 3.49. The highest BCUT2D eigenvalue weighted by atomic mass is 32.1. The lowest BCUT2D eigenvalue weighted by Gasteiger charge is -2.17. The van der Waals surface area contributed by atoms with Gasteiger partial charge in [-0.05, 0) is 25.1 Å². The van der Waals surface area contributed by atoms with Gasteiger partial charge in [-0.25, -0.2) is 0 Å². The minimum Gasteiger partial charge on any atom is -0.462 e. The number of hydrogen-bond acceptors (Lipinski definition) is 7. The first-order valence-corrected chi connectivity index (χ1v) is 8.33. The summed E-state index contributed by atoms with van der Waals surface area (Å²) in [6, 6.07) is 0. The van der Waals surface area contributed by atoms with Crippen molar-refractivity contribution in [2.24, 2.45) is 5.73 Å². The Morgan fingerprint density at radius 3 is 2.79 bits per heavy atom. The van der Waals surface area contributed by atoms with E-state index in [-0.39, 0.29) is 42.4 Å². The smallest absolute Gasteiger partial charge is 0.319 e. The first kappa shape index (κ1) is 20.5. The maximum Gasteiger partial charge on any atom is 0.319 e. The molecule has 2 rings (SSSR count). The lowest BCUT2D eigenvalue weighted by molar-refractivity contribution is -0.146.